The molecule has 0 bridgehead atoms. The molecular formula is C14H23ClN2OS. The van der Waals surface area contributed by atoms with Crippen molar-refractivity contribution in [1.82, 2.24) is 10.6 Å². The van der Waals surface area contributed by atoms with Crippen LogP contribution in [0.2, 0.25) is 0 Å². The normalized spacial score (nSPS) is 18.6. The zero-order valence-corrected chi connectivity index (χ0v) is 12.8. The van der Waals surface area contributed by atoms with Crippen LogP contribution in [-0.4, -0.2) is 25.5 Å². The molecule has 0 radical (unpaired) electrons. The highest BCUT2D eigenvalue weighted by Gasteiger charge is 2.13. The average Bonchev–Trinajstić information content (AvgIpc) is 2.91. The lowest BCUT2D eigenvalue weighted by molar-refractivity contribution is -0.121. The van der Waals surface area contributed by atoms with Gasteiger partial charge in [-0.05, 0) is 56.1 Å². The number of amides is 1. The van der Waals surface area contributed by atoms with Crippen molar-refractivity contribution in [2.24, 2.45) is 5.92 Å². The number of nitrogens with one attached hydrogen (secondary N) is 2. The predicted octanol–water partition coefficient (Wildman–Crippen LogP) is 2.61. The molecule has 19 heavy (non-hydrogen) atoms. The number of carbonyl (C=O) groups is 1. The number of rotatable bonds is 6. The summed E-state index contributed by atoms with van der Waals surface area (Å²) in [5, 5.41) is 8.52. The molecule has 1 aliphatic heterocycles. The molecule has 1 aromatic rings. The Kier molecular flexibility index (Phi) is 8.10. The molecule has 3 nitrogen and oxygen atoms in total. The van der Waals surface area contributed by atoms with Gasteiger partial charge in [0, 0.05) is 17.8 Å². The molecule has 1 unspecified atom stereocenters. The van der Waals surface area contributed by atoms with Crippen molar-refractivity contribution in [3.8, 4) is 0 Å². The van der Waals surface area contributed by atoms with Crippen molar-refractivity contribution < 1.29 is 4.79 Å². The van der Waals surface area contributed by atoms with Crippen LogP contribution in [0, 0.1) is 5.92 Å². The second-order valence-corrected chi connectivity index (χ2v) is 5.98. The molecule has 1 saturated heterocycles. The van der Waals surface area contributed by atoms with Crippen LogP contribution in [-0.2, 0) is 11.2 Å². The number of carbonyl (C=O) groups excluding carboxylic acids is 1. The Bertz CT molecular complexity index is 350. The Morgan fingerprint density at radius 3 is 3.11 bits per heavy atom. The van der Waals surface area contributed by atoms with Gasteiger partial charge in [-0.25, -0.2) is 0 Å². The fourth-order valence-corrected chi connectivity index (χ4v) is 3.07. The maximum absolute atomic E-state index is 11.7. The number of hydrogen-bond donors (Lipinski definition) is 2. The maximum Gasteiger partial charge on any atom is 0.220 e. The first-order chi connectivity index (χ1) is 8.84. The smallest absolute Gasteiger partial charge is 0.220 e. The van der Waals surface area contributed by atoms with E-state index in [4.69, 9.17) is 0 Å². The quantitative estimate of drug-likeness (QED) is 0.848. The van der Waals surface area contributed by atoms with E-state index >= 15 is 0 Å². The first-order valence-electron chi connectivity index (χ1n) is 6.84. The molecule has 2 rings (SSSR count). The molecule has 0 aromatic carbocycles. The molecule has 108 valence electrons. The molecule has 0 aliphatic carbocycles. The summed E-state index contributed by atoms with van der Waals surface area (Å²) in [6.45, 7) is 3.02. The van der Waals surface area contributed by atoms with Crippen LogP contribution in [0.15, 0.2) is 17.5 Å². The Morgan fingerprint density at radius 2 is 2.42 bits per heavy atom. The Morgan fingerprint density at radius 1 is 1.53 bits per heavy atom. The lowest BCUT2D eigenvalue weighted by atomic mass is 10.00. The molecule has 2 heterocycles. The van der Waals surface area contributed by atoms with E-state index in [2.05, 4.69) is 28.1 Å². The third-order valence-corrected chi connectivity index (χ3v) is 4.33. The average molecular weight is 303 g/mol. The van der Waals surface area contributed by atoms with Crippen LogP contribution in [0.1, 0.15) is 30.6 Å². The third-order valence-electron chi connectivity index (χ3n) is 3.39. The highest BCUT2D eigenvalue weighted by molar-refractivity contribution is 7.09. The number of halogens is 1. The van der Waals surface area contributed by atoms with Crippen molar-refractivity contribution in [2.45, 2.75) is 32.1 Å². The first kappa shape index (κ1) is 16.5. The summed E-state index contributed by atoms with van der Waals surface area (Å²) in [5.74, 6) is 0.831. The molecule has 2 N–H and O–H groups in total. The van der Waals surface area contributed by atoms with Crippen LogP contribution in [0.5, 0.6) is 0 Å². The van der Waals surface area contributed by atoms with E-state index in [0.29, 0.717) is 12.3 Å². The van der Waals surface area contributed by atoms with Gasteiger partial charge in [-0.15, -0.1) is 23.7 Å². The summed E-state index contributed by atoms with van der Waals surface area (Å²) >= 11 is 1.77. The van der Waals surface area contributed by atoms with Crippen molar-refractivity contribution in [1.29, 1.82) is 0 Å². The highest BCUT2D eigenvalue weighted by Crippen LogP contribution is 2.12. The van der Waals surface area contributed by atoms with E-state index < -0.39 is 0 Å². The fraction of sp³-hybridized carbons (Fsp3) is 0.643. The number of thiophene rings is 1. The van der Waals surface area contributed by atoms with Crippen molar-refractivity contribution in [2.75, 3.05) is 19.6 Å². The molecule has 1 fully saturated rings. The predicted molar refractivity (Wildman–Crippen MR) is 83.1 cm³/mol. The van der Waals surface area contributed by atoms with E-state index in [0.717, 1.165) is 32.5 Å². The monoisotopic (exact) mass is 302 g/mol. The molecule has 5 heteroatoms. The Labute approximate surface area is 125 Å². The lowest BCUT2D eigenvalue weighted by Crippen LogP contribution is -2.38. The van der Waals surface area contributed by atoms with Gasteiger partial charge in [0.1, 0.15) is 0 Å². The van der Waals surface area contributed by atoms with E-state index in [1.165, 1.54) is 17.7 Å². The van der Waals surface area contributed by atoms with Gasteiger partial charge < -0.3 is 10.6 Å². The maximum atomic E-state index is 11.7. The lowest BCUT2D eigenvalue weighted by Gasteiger charge is -2.22. The number of piperidine rings is 1. The van der Waals surface area contributed by atoms with E-state index in [-0.39, 0.29) is 18.3 Å². The minimum atomic E-state index is 0. The highest BCUT2D eigenvalue weighted by atomic mass is 35.5. The van der Waals surface area contributed by atoms with Crippen molar-refractivity contribution >= 4 is 29.7 Å². The standard InChI is InChI=1S/C14H22N2OS.ClH/c17-14(7-1-5-13-6-3-9-18-13)16-11-12-4-2-8-15-10-12;/h3,6,9,12,15H,1-2,4-5,7-8,10-11H2,(H,16,17);1H. The first-order valence-corrected chi connectivity index (χ1v) is 7.72. The summed E-state index contributed by atoms with van der Waals surface area (Å²) in [6.07, 6.45) is 5.10. The second kappa shape index (κ2) is 9.34. The van der Waals surface area contributed by atoms with Crippen LogP contribution in [0.25, 0.3) is 0 Å². The summed E-state index contributed by atoms with van der Waals surface area (Å²) in [7, 11) is 0. The summed E-state index contributed by atoms with van der Waals surface area (Å²) < 4.78 is 0. The molecule has 0 saturated carbocycles. The fourth-order valence-electron chi connectivity index (χ4n) is 2.32. The van der Waals surface area contributed by atoms with E-state index in [1.807, 2.05) is 0 Å². The van der Waals surface area contributed by atoms with Gasteiger partial charge in [0.15, 0.2) is 0 Å². The van der Waals surface area contributed by atoms with Crippen molar-refractivity contribution in [3.05, 3.63) is 22.4 Å². The second-order valence-electron chi connectivity index (χ2n) is 4.95. The van der Waals surface area contributed by atoms with E-state index in [9.17, 15) is 4.79 Å². The zero-order valence-electron chi connectivity index (χ0n) is 11.2. The van der Waals surface area contributed by atoms with Crippen LogP contribution in [0.4, 0.5) is 0 Å². The Hall–Kier alpha value is -0.580. The van der Waals surface area contributed by atoms with Gasteiger partial charge in [-0.3, -0.25) is 4.79 Å². The molecule has 1 amide bonds. The molecule has 1 aliphatic rings. The van der Waals surface area contributed by atoms with Gasteiger partial charge >= 0.3 is 0 Å². The van der Waals surface area contributed by atoms with Gasteiger partial charge in [0.2, 0.25) is 5.91 Å². The SMILES string of the molecule is Cl.O=C(CCCc1cccs1)NCC1CCCNC1. The molecule has 0 spiro atoms. The molecule has 1 atom stereocenters. The minimum absolute atomic E-state index is 0. The largest absolute Gasteiger partial charge is 0.356 e. The summed E-state index contributed by atoms with van der Waals surface area (Å²) in [6, 6.07) is 4.20. The zero-order chi connectivity index (χ0) is 12.6. The van der Waals surface area contributed by atoms with Gasteiger partial charge in [0.25, 0.3) is 0 Å². The number of hydrogen-bond acceptors (Lipinski definition) is 3. The van der Waals surface area contributed by atoms with Crippen molar-refractivity contribution in [3.63, 3.8) is 0 Å². The molecular weight excluding hydrogens is 280 g/mol. The van der Waals surface area contributed by atoms with Crippen LogP contribution < -0.4 is 10.6 Å². The minimum Gasteiger partial charge on any atom is -0.356 e. The van der Waals surface area contributed by atoms with Crippen LogP contribution in [0.3, 0.4) is 0 Å². The summed E-state index contributed by atoms with van der Waals surface area (Å²) in [5.41, 5.74) is 0. The van der Waals surface area contributed by atoms with E-state index in [1.54, 1.807) is 11.3 Å². The third kappa shape index (κ3) is 6.41. The number of aryl methyl sites for hydroxylation is 1. The van der Waals surface area contributed by atoms with Gasteiger partial charge in [-0.1, -0.05) is 6.07 Å². The molecule has 1 aromatic heterocycles. The summed E-state index contributed by atoms with van der Waals surface area (Å²) in [4.78, 5) is 13.1. The van der Waals surface area contributed by atoms with Crippen LogP contribution >= 0.6 is 23.7 Å². The topological polar surface area (TPSA) is 41.1 Å². The Balaban J connectivity index is 0.00000180. The van der Waals surface area contributed by atoms with Gasteiger partial charge in [0.05, 0.1) is 0 Å². The van der Waals surface area contributed by atoms with Gasteiger partial charge in [-0.2, -0.15) is 0 Å².